The minimum absolute atomic E-state index is 0.0351. The van der Waals surface area contributed by atoms with Crippen molar-refractivity contribution in [3.8, 4) is 0 Å². The Kier molecular flexibility index (Phi) is 5.90. The molecule has 0 radical (unpaired) electrons. The van der Waals surface area contributed by atoms with Gasteiger partial charge in [0.2, 0.25) is 5.91 Å². The molecule has 2 N–H and O–H groups in total. The molecular formula is C16H20N2O2S. The average Bonchev–Trinajstić information content (AvgIpc) is 3.04. The number of rotatable bonds is 7. The van der Waals surface area contributed by atoms with Crippen molar-refractivity contribution in [2.45, 2.75) is 31.0 Å². The maximum absolute atomic E-state index is 11.9. The van der Waals surface area contributed by atoms with Gasteiger partial charge in [-0.15, -0.1) is 11.8 Å². The van der Waals surface area contributed by atoms with E-state index in [4.69, 9.17) is 4.42 Å². The molecule has 1 heterocycles. The molecule has 4 nitrogen and oxygen atoms in total. The maximum atomic E-state index is 11.9. The van der Waals surface area contributed by atoms with Crippen LogP contribution in [0.2, 0.25) is 0 Å². The second kappa shape index (κ2) is 7.90. The van der Waals surface area contributed by atoms with Gasteiger partial charge in [-0.3, -0.25) is 4.79 Å². The van der Waals surface area contributed by atoms with E-state index < -0.39 is 0 Å². The van der Waals surface area contributed by atoms with Gasteiger partial charge in [0, 0.05) is 11.4 Å². The Morgan fingerprint density at radius 1 is 1.24 bits per heavy atom. The molecular weight excluding hydrogens is 284 g/mol. The molecule has 1 atom stereocenters. The zero-order chi connectivity index (χ0) is 15.1. The Hall–Kier alpha value is -1.72. The van der Waals surface area contributed by atoms with Crippen molar-refractivity contribution in [2.24, 2.45) is 0 Å². The van der Waals surface area contributed by atoms with Gasteiger partial charge in [0.25, 0.3) is 0 Å². The summed E-state index contributed by atoms with van der Waals surface area (Å²) in [5.74, 6) is 0.718. The molecule has 0 aliphatic rings. The van der Waals surface area contributed by atoms with E-state index in [0.717, 1.165) is 5.76 Å². The van der Waals surface area contributed by atoms with E-state index in [-0.39, 0.29) is 11.9 Å². The van der Waals surface area contributed by atoms with Crippen molar-refractivity contribution < 1.29 is 9.21 Å². The second-order valence-electron chi connectivity index (χ2n) is 4.75. The predicted molar refractivity (Wildman–Crippen MR) is 85.1 cm³/mol. The summed E-state index contributed by atoms with van der Waals surface area (Å²) in [6.07, 6.45) is 3.65. The molecule has 0 aliphatic heterocycles. The molecule has 0 spiro atoms. The molecule has 112 valence electrons. The third kappa shape index (κ3) is 4.95. The molecule has 21 heavy (non-hydrogen) atoms. The molecule has 5 heteroatoms. The SMILES string of the molecule is CSc1ccc(CNC(C)C(=O)NCc2ccco2)cc1. The molecule has 0 aliphatic carbocycles. The third-order valence-corrected chi connectivity index (χ3v) is 3.93. The predicted octanol–water partition coefficient (Wildman–Crippen LogP) is 2.80. The topological polar surface area (TPSA) is 54.3 Å². The van der Waals surface area contributed by atoms with E-state index in [0.29, 0.717) is 13.1 Å². The summed E-state index contributed by atoms with van der Waals surface area (Å²) in [5, 5.41) is 6.06. The molecule has 0 saturated carbocycles. The van der Waals surface area contributed by atoms with Gasteiger partial charge in [0.15, 0.2) is 0 Å². The lowest BCUT2D eigenvalue weighted by Crippen LogP contribution is -2.41. The van der Waals surface area contributed by atoms with Gasteiger partial charge >= 0.3 is 0 Å². The van der Waals surface area contributed by atoms with Crippen LogP contribution in [0.3, 0.4) is 0 Å². The van der Waals surface area contributed by atoms with E-state index in [1.165, 1.54) is 10.5 Å². The lowest BCUT2D eigenvalue weighted by Gasteiger charge is -2.13. The Balaban J connectivity index is 1.74. The standard InChI is InChI=1S/C16H20N2O2S/c1-12(16(19)18-11-14-4-3-9-20-14)17-10-13-5-7-15(21-2)8-6-13/h3-9,12,17H,10-11H2,1-2H3,(H,18,19). The first-order valence-corrected chi connectivity index (χ1v) is 8.08. The highest BCUT2D eigenvalue weighted by atomic mass is 32.2. The molecule has 0 bridgehead atoms. The molecule has 1 aromatic heterocycles. The molecule has 1 amide bonds. The second-order valence-corrected chi connectivity index (χ2v) is 5.63. The normalized spacial score (nSPS) is 12.1. The summed E-state index contributed by atoms with van der Waals surface area (Å²) < 4.78 is 5.18. The first-order valence-electron chi connectivity index (χ1n) is 6.85. The number of nitrogens with one attached hydrogen (secondary N) is 2. The van der Waals surface area contributed by atoms with Crippen LogP contribution in [0, 0.1) is 0 Å². The van der Waals surface area contributed by atoms with Crippen LogP contribution in [-0.2, 0) is 17.9 Å². The molecule has 2 aromatic rings. The Labute approximate surface area is 129 Å². The Bertz CT molecular complexity index is 552. The van der Waals surface area contributed by atoms with Crippen LogP contribution in [0.1, 0.15) is 18.2 Å². The summed E-state index contributed by atoms with van der Waals surface area (Å²) in [4.78, 5) is 13.2. The summed E-state index contributed by atoms with van der Waals surface area (Å²) in [5.41, 5.74) is 1.17. The van der Waals surface area contributed by atoms with Crippen LogP contribution in [-0.4, -0.2) is 18.2 Å². The molecule has 0 fully saturated rings. The van der Waals surface area contributed by atoms with Crippen molar-refractivity contribution in [1.29, 1.82) is 0 Å². The monoisotopic (exact) mass is 304 g/mol. The lowest BCUT2D eigenvalue weighted by molar-refractivity contribution is -0.123. The highest BCUT2D eigenvalue weighted by Crippen LogP contribution is 2.14. The maximum Gasteiger partial charge on any atom is 0.237 e. The van der Waals surface area contributed by atoms with Crippen LogP contribution in [0.5, 0.6) is 0 Å². The van der Waals surface area contributed by atoms with Crippen molar-refractivity contribution in [1.82, 2.24) is 10.6 Å². The number of carbonyl (C=O) groups is 1. The zero-order valence-electron chi connectivity index (χ0n) is 12.3. The molecule has 1 aromatic carbocycles. The third-order valence-electron chi connectivity index (χ3n) is 3.18. The number of hydrogen-bond donors (Lipinski definition) is 2. The zero-order valence-corrected chi connectivity index (χ0v) is 13.1. The van der Waals surface area contributed by atoms with Gasteiger partial charge in [-0.2, -0.15) is 0 Å². The summed E-state index contributed by atoms with van der Waals surface area (Å²) >= 11 is 1.72. The van der Waals surface area contributed by atoms with Gasteiger partial charge in [-0.1, -0.05) is 12.1 Å². The molecule has 1 unspecified atom stereocenters. The van der Waals surface area contributed by atoms with Crippen LogP contribution >= 0.6 is 11.8 Å². The number of hydrogen-bond acceptors (Lipinski definition) is 4. The highest BCUT2D eigenvalue weighted by Gasteiger charge is 2.12. The minimum atomic E-state index is -0.250. The fourth-order valence-corrected chi connectivity index (χ4v) is 2.26. The molecule has 2 rings (SSSR count). The van der Waals surface area contributed by atoms with Crippen LogP contribution < -0.4 is 10.6 Å². The van der Waals surface area contributed by atoms with Crippen LogP contribution in [0.25, 0.3) is 0 Å². The van der Waals surface area contributed by atoms with Crippen molar-refractivity contribution in [3.05, 3.63) is 54.0 Å². The highest BCUT2D eigenvalue weighted by molar-refractivity contribution is 7.98. The number of amides is 1. The largest absolute Gasteiger partial charge is 0.467 e. The smallest absolute Gasteiger partial charge is 0.237 e. The van der Waals surface area contributed by atoms with Crippen molar-refractivity contribution in [3.63, 3.8) is 0 Å². The van der Waals surface area contributed by atoms with Gasteiger partial charge < -0.3 is 15.1 Å². The number of carbonyl (C=O) groups excluding carboxylic acids is 1. The average molecular weight is 304 g/mol. The van der Waals surface area contributed by atoms with Crippen molar-refractivity contribution >= 4 is 17.7 Å². The number of thioether (sulfide) groups is 1. The van der Waals surface area contributed by atoms with E-state index in [1.54, 1.807) is 24.1 Å². The first kappa shape index (κ1) is 15.7. The minimum Gasteiger partial charge on any atom is -0.467 e. The molecule has 0 saturated heterocycles. The Morgan fingerprint density at radius 3 is 2.62 bits per heavy atom. The fraction of sp³-hybridized carbons (Fsp3) is 0.312. The van der Waals surface area contributed by atoms with Gasteiger partial charge in [0.05, 0.1) is 18.8 Å². The summed E-state index contributed by atoms with van der Waals surface area (Å²) in [7, 11) is 0. The van der Waals surface area contributed by atoms with Crippen LogP contribution in [0.15, 0.2) is 52.0 Å². The Morgan fingerprint density at radius 2 is 2.00 bits per heavy atom. The fourth-order valence-electron chi connectivity index (χ4n) is 1.85. The van der Waals surface area contributed by atoms with Crippen LogP contribution in [0.4, 0.5) is 0 Å². The number of benzene rings is 1. The van der Waals surface area contributed by atoms with E-state index >= 15 is 0 Å². The van der Waals surface area contributed by atoms with E-state index in [2.05, 4.69) is 41.2 Å². The summed E-state index contributed by atoms with van der Waals surface area (Å²) in [6, 6.07) is 11.7. The summed E-state index contributed by atoms with van der Waals surface area (Å²) in [6.45, 7) is 2.94. The first-order chi connectivity index (χ1) is 10.2. The number of furan rings is 1. The van der Waals surface area contributed by atoms with Gasteiger partial charge in [0.1, 0.15) is 5.76 Å². The lowest BCUT2D eigenvalue weighted by atomic mass is 10.2. The van der Waals surface area contributed by atoms with Gasteiger partial charge in [-0.05, 0) is 43.0 Å². The van der Waals surface area contributed by atoms with Gasteiger partial charge in [-0.25, -0.2) is 0 Å². The quantitative estimate of drug-likeness (QED) is 0.772. The van der Waals surface area contributed by atoms with Crippen molar-refractivity contribution in [2.75, 3.05) is 6.26 Å². The van der Waals surface area contributed by atoms with E-state index in [1.807, 2.05) is 13.0 Å². The van der Waals surface area contributed by atoms with E-state index in [9.17, 15) is 4.79 Å².